The number of hydrogen-bond acceptors (Lipinski definition) is 5. The summed E-state index contributed by atoms with van der Waals surface area (Å²) in [5.41, 5.74) is 0. The van der Waals surface area contributed by atoms with Gasteiger partial charge in [-0.3, -0.25) is 9.59 Å². The van der Waals surface area contributed by atoms with Crippen LogP contribution in [0.2, 0.25) is 0 Å². The lowest BCUT2D eigenvalue weighted by atomic mass is 10.1. The molecule has 0 aromatic rings. The van der Waals surface area contributed by atoms with Crippen LogP contribution in [0.15, 0.2) is 0 Å². The topological polar surface area (TPSA) is 97.0 Å². The molecule has 126 valence electrons. The summed E-state index contributed by atoms with van der Waals surface area (Å²) in [4.78, 5) is 37.7. The summed E-state index contributed by atoms with van der Waals surface area (Å²) in [6, 6.07) is -1.40. The predicted molar refractivity (Wildman–Crippen MR) is 79.2 cm³/mol. The van der Waals surface area contributed by atoms with Crippen LogP contribution in [-0.2, 0) is 19.1 Å². The second-order valence-electron chi connectivity index (χ2n) is 5.14. The second kappa shape index (κ2) is 8.57. The summed E-state index contributed by atoms with van der Waals surface area (Å²) in [7, 11) is 2.68. The first kappa shape index (κ1) is 18.2. The van der Waals surface area contributed by atoms with Gasteiger partial charge in [0.05, 0.1) is 13.2 Å². The number of ether oxygens (including phenoxy) is 2. The monoisotopic (exact) mass is 315 g/mol. The Hall–Kier alpha value is -1.83. The minimum Gasteiger partial charge on any atom is -0.453 e. The molecule has 8 nitrogen and oxygen atoms in total. The van der Waals surface area contributed by atoms with Gasteiger partial charge in [0.25, 0.3) is 0 Å². The number of nitrogens with one attached hydrogen (secondary N) is 2. The maximum absolute atomic E-state index is 12.7. The second-order valence-corrected chi connectivity index (χ2v) is 5.14. The number of carbonyl (C=O) groups excluding carboxylic acids is 3. The zero-order valence-corrected chi connectivity index (χ0v) is 13.5. The van der Waals surface area contributed by atoms with E-state index in [0.29, 0.717) is 19.5 Å². The third-order valence-electron chi connectivity index (χ3n) is 3.76. The normalized spacial score (nSPS) is 20.2. The molecule has 0 aliphatic carbocycles. The number of hydrogen-bond donors (Lipinski definition) is 2. The number of amides is 3. The highest BCUT2D eigenvalue weighted by atomic mass is 16.5. The summed E-state index contributed by atoms with van der Waals surface area (Å²) in [5.74, 6) is -0.510. The molecule has 0 bridgehead atoms. The maximum atomic E-state index is 12.7. The van der Waals surface area contributed by atoms with Crippen molar-refractivity contribution in [2.45, 2.75) is 44.9 Å². The van der Waals surface area contributed by atoms with Crippen molar-refractivity contribution in [1.29, 1.82) is 0 Å². The summed E-state index contributed by atoms with van der Waals surface area (Å²) >= 11 is 0. The molecule has 0 aromatic carbocycles. The van der Waals surface area contributed by atoms with Gasteiger partial charge in [-0.25, -0.2) is 4.79 Å². The van der Waals surface area contributed by atoms with Gasteiger partial charge in [0.15, 0.2) is 0 Å². The Balaban J connectivity index is 2.87. The number of rotatable bonds is 6. The van der Waals surface area contributed by atoms with E-state index >= 15 is 0 Å². The highest BCUT2D eigenvalue weighted by Gasteiger charge is 2.39. The van der Waals surface area contributed by atoms with Crippen LogP contribution in [0.4, 0.5) is 4.79 Å². The number of nitrogens with zero attached hydrogens (tertiary/aromatic N) is 1. The minimum absolute atomic E-state index is 0.171. The van der Waals surface area contributed by atoms with Crippen LogP contribution in [0.5, 0.6) is 0 Å². The number of methoxy groups -OCH3 is 2. The first-order chi connectivity index (χ1) is 10.5. The first-order valence-electron chi connectivity index (χ1n) is 7.41. The Kier molecular flexibility index (Phi) is 7.10. The highest BCUT2D eigenvalue weighted by molar-refractivity contribution is 5.92. The molecule has 3 atom stereocenters. The fraction of sp³-hybridized carbons (Fsp3) is 0.786. The SMILES string of the molecule is CCNC(=O)[C@@H]1CCCN1C(=O)[C@@H](NC(=O)OC)[C@H](C)OC. The van der Waals surface area contributed by atoms with Crippen LogP contribution in [0, 0.1) is 0 Å². The molecule has 8 heteroatoms. The molecule has 1 rings (SSSR count). The predicted octanol–water partition coefficient (Wildman–Crippen LogP) is -0.127. The van der Waals surface area contributed by atoms with Crippen LogP contribution >= 0.6 is 0 Å². The largest absolute Gasteiger partial charge is 0.453 e. The van der Waals surface area contributed by atoms with Crippen molar-refractivity contribution in [3.63, 3.8) is 0 Å². The lowest BCUT2D eigenvalue weighted by Gasteiger charge is -2.30. The van der Waals surface area contributed by atoms with Gasteiger partial charge in [-0.15, -0.1) is 0 Å². The van der Waals surface area contributed by atoms with Gasteiger partial charge < -0.3 is 25.0 Å². The smallest absolute Gasteiger partial charge is 0.407 e. The summed E-state index contributed by atoms with van der Waals surface area (Å²) < 4.78 is 9.71. The summed E-state index contributed by atoms with van der Waals surface area (Å²) in [5, 5.41) is 5.21. The van der Waals surface area contributed by atoms with Crippen molar-refractivity contribution in [2.75, 3.05) is 27.3 Å². The molecule has 0 unspecified atom stereocenters. The summed E-state index contributed by atoms with van der Waals surface area (Å²) in [6.45, 7) is 4.50. The van der Waals surface area contributed by atoms with Crippen LogP contribution in [0.25, 0.3) is 0 Å². The molecular formula is C14H25N3O5. The van der Waals surface area contributed by atoms with Gasteiger partial charge in [0.1, 0.15) is 12.1 Å². The van der Waals surface area contributed by atoms with E-state index < -0.39 is 24.3 Å². The van der Waals surface area contributed by atoms with E-state index in [0.717, 1.165) is 6.42 Å². The molecule has 2 N–H and O–H groups in total. The Morgan fingerprint density at radius 2 is 2.00 bits per heavy atom. The molecular weight excluding hydrogens is 290 g/mol. The van der Waals surface area contributed by atoms with Gasteiger partial charge in [-0.2, -0.15) is 0 Å². The van der Waals surface area contributed by atoms with Gasteiger partial charge in [0.2, 0.25) is 11.8 Å². The molecule has 0 aromatic heterocycles. The number of carbonyl (C=O) groups is 3. The maximum Gasteiger partial charge on any atom is 0.407 e. The van der Waals surface area contributed by atoms with Crippen molar-refractivity contribution < 1.29 is 23.9 Å². The Bertz CT molecular complexity index is 415. The van der Waals surface area contributed by atoms with Crippen LogP contribution in [0.1, 0.15) is 26.7 Å². The molecule has 1 saturated heterocycles. The first-order valence-corrected chi connectivity index (χ1v) is 7.41. The number of likely N-dealkylation sites (tertiary alicyclic amines) is 1. The van der Waals surface area contributed by atoms with Gasteiger partial charge in [-0.05, 0) is 26.7 Å². The van der Waals surface area contributed by atoms with Crippen molar-refractivity contribution in [3.05, 3.63) is 0 Å². The molecule has 1 fully saturated rings. The molecule has 3 amide bonds. The summed E-state index contributed by atoms with van der Waals surface area (Å²) in [6.07, 6.45) is 0.113. The average molecular weight is 315 g/mol. The number of likely N-dealkylation sites (N-methyl/N-ethyl adjacent to an activating group) is 1. The van der Waals surface area contributed by atoms with Crippen molar-refractivity contribution in [2.24, 2.45) is 0 Å². The fourth-order valence-electron chi connectivity index (χ4n) is 2.48. The standard InChI is InChI=1S/C14H25N3O5/c1-5-15-12(18)10-7-6-8-17(10)13(19)11(9(2)21-3)16-14(20)22-4/h9-11H,5-8H2,1-4H3,(H,15,18)(H,16,20)/t9-,10-,11-/m0/s1. The van der Waals surface area contributed by atoms with Gasteiger partial charge in [-0.1, -0.05) is 0 Å². The fourth-order valence-corrected chi connectivity index (χ4v) is 2.48. The Morgan fingerprint density at radius 3 is 2.55 bits per heavy atom. The van der Waals surface area contributed by atoms with Crippen LogP contribution in [0.3, 0.4) is 0 Å². The molecule has 0 spiro atoms. The van der Waals surface area contributed by atoms with Crippen LogP contribution in [-0.4, -0.2) is 68.3 Å². The van der Waals surface area contributed by atoms with Crippen molar-refractivity contribution in [3.8, 4) is 0 Å². The minimum atomic E-state index is -0.896. The van der Waals surface area contributed by atoms with Crippen molar-refractivity contribution >= 4 is 17.9 Å². The van der Waals surface area contributed by atoms with Gasteiger partial charge >= 0.3 is 6.09 Å². The molecule has 1 aliphatic rings. The zero-order valence-electron chi connectivity index (χ0n) is 13.5. The average Bonchev–Trinajstić information content (AvgIpc) is 3.00. The Labute approximate surface area is 130 Å². The van der Waals surface area contributed by atoms with Gasteiger partial charge in [0, 0.05) is 20.2 Å². The van der Waals surface area contributed by atoms with E-state index in [-0.39, 0.29) is 11.8 Å². The van der Waals surface area contributed by atoms with Crippen molar-refractivity contribution in [1.82, 2.24) is 15.5 Å². The van der Waals surface area contributed by atoms with E-state index in [1.165, 1.54) is 19.1 Å². The highest BCUT2D eigenvalue weighted by Crippen LogP contribution is 2.19. The quantitative estimate of drug-likeness (QED) is 0.712. The van der Waals surface area contributed by atoms with E-state index in [4.69, 9.17) is 4.74 Å². The third kappa shape index (κ3) is 4.33. The number of alkyl carbamates (subject to hydrolysis) is 1. The molecule has 0 saturated carbocycles. The molecule has 1 aliphatic heterocycles. The molecule has 22 heavy (non-hydrogen) atoms. The third-order valence-corrected chi connectivity index (χ3v) is 3.76. The van der Waals surface area contributed by atoms with E-state index in [2.05, 4.69) is 15.4 Å². The van der Waals surface area contributed by atoms with E-state index in [9.17, 15) is 14.4 Å². The zero-order chi connectivity index (χ0) is 16.7. The lowest BCUT2D eigenvalue weighted by molar-refractivity contribution is -0.142. The molecule has 0 radical (unpaired) electrons. The lowest BCUT2D eigenvalue weighted by Crippen LogP contribution is -2.57. The van der Waals surface area contributed by atoms with E-state index in [1.54, 1.807) is 6.92 Å². The molecule has 1 heterocycles. The van der Waals surface area contributed by atoms with Crippen LogP contribution < -0.4 is 10.6 Å². The van der Waals surface area contributed by atoms with E-state index in [1.807, 2.05) is 6.92 Å². The Morgan fingerprint density at radius 1 is 1.32 bits per heavy atom.